The van der Waals surface area contributed by atoms with Crippen LogP contribution < -0.4 is 10.2 Å². The van der Waals surface area contributed by atoms with Gasteiger partial charge in [-0.05, 0) is 38.5 Å². The fraction of sp³-hybridized carbons (Fsp3) is 0.891. The number of quaternary nitrogens is 1. The molecule has 0 fully saturated rings. The number of aliphatic hydroxyl groups is 1. The quantitative estimate of drug-likeness (QED) is 0.0276. The summed E-state index contributed by atoms with van der Waals surface area (Å²) in [7, 11) is 1.26. The second-order valence-corrected chi connectivity index (χ2v) is 18.5. The molecule has 0 aromatic carbocycles. The van der Waals surface area contributed by atoms with E-state index < -0.39 is 20.0 Å². The summed E-state index contributed by atoms with van der Waals surface area (Å²) in [5.41, 5.74) is 0. The van der Waals surface area contributed by atoms with Gasteiger partial charge in [0, 0.05) is 6.42 Å². The number of rotatable bonds is 42. The van der Waals surface area contributed by atoms with Crippen LogP contribution in [0.3, 0.4) is 0 Å². The summed E-state index contributed by atoms with van der Waals surface area (Å²) in [6.07, 6.45) is 45.3. The number of unbranched alkanes of at least 4 members (excludes halogenated alkanes) is 27. The van der Waals surface area contributed by atoms with Crippen molar-refractivity contribution in [2.24, 2.45) is 0 Å². The van der Waals surface area contributed by atoms with Gasteiger partial charge in [-0.3, -0.25) is 9.36 Å². The number of phosphoric acid groups is 1. The van der Waals surface area contributed by atoms with Gasteiger partial charge in [-0.25, -0.2) is 0 Å². The normalized spacial score (nSPS) is 14.5. The molecule has 2 N–H and O–H groups in total. The second kappa shape index (κ2) is 38.5. The first-order chi connectivity index (χ1) is 26.5. The largest absolute Gasteiger partial charge is 0.756 e. The number of carbonyl (C=O) groups is 1. The van der Waals surface area contributed by atoms with Crippen molar-refractivity contribution in [2.45, 2.75) is 225 Å². The summed E-state index contributed by atoms with van der Waals surface area (Å²) in [5, 5.41) is 13.8. The highest BCUT2D eigenvalue weighted by atomic mass is 31.2. The first kappa shape index (κ1) is 54.0. The van der Waals surface area contributed by atoms with E-state index in [2.05, 4.69) is 31.3 Å². The number of phosphoric ester groups is 1. The third-order valence-electron chi connectivity index (χ3n) is 10.4. The molecule has 0 heterocycles. The predicted molar refractivity (Wildman–Crippen MR) is 233 cm³/mol. The molecule has 8 nitrogen and oxygen atoms in total. The van der Waals surface area contributed by atoms with E-state index in [0.717, 1.165) is 57.8 Å². The Bertz CT molecular complexity index is 953. The molecular weight excluding hydrogens is 707 g/mol. The van der Waals surface area contributed by atoms with E-state index in [0.29, 0.717) is 17.4 Å². The third kappa shape index (κ3) is 41.0. The lowest BCUT2D eigenvalue weighted by molar-refractivity contribution is -0.870. The van der Waals surface area contributed by atoms with Crippen LogP contribution in [0.5, 0.6) is 0 Å². The highest BCUT2D eigenvalue weighted by Crippen LogP contribution is 2.38. The maximum absolute atomic E-state index is 12.8. The van der Waals surface area contributed by atoms with Gasteiger partial charge >= 0.3 is 0 Å². The summed E-state index contributed by atoms with van der Waals surface area (Å²) >= 11 is 0. The van der Waals surface area contributed by atoms with Crippen LogP contribution in [0.2, 0.25) is 0 Å². The molecule has 0 aliphatic carbocycles. The molecule has 3 unspecified atom stereocenters. The van der Waals surface area contributed by atoms with E-state index in [9.17, 15) is 19.4 Å². The highest BCUT2D eigenvalue weighted by Gasteiger charge is 2.23. The third-order valence-corrected chi connectivity index (χ3v) is 11.4. The maximum Gasteiger partial charge on any atom is 0.268 e. The Morgan fingerprint density at radius 1 is 0.618 bits per heavy atom. The molecular formula is C46H91N2O6P. The molecule has 1 amide bonds. The van der Waals surface area contributed by atoms with Crippen LogP contribution in [-0.4, -0.2) is 68.5 Å². The zero-order valence-electron chi connectivity index (χ0n) is 36.9. The van der Waals surface area contributed by atoms with E-state index in [1.54, 1.807) is 6.08 Å². The van der Waals surface area contributed by atoms with Gasteiger partial charge in [0.1, 0.15) is 13.2 Å². The number of likely N-dealkylation sites (N-methyl/N-ethyl adjacent to an activating group) is 1. The standard InChI is InChI=1S/C46H91N2O6P/c1-6-8-10-12-14-16-18-19-20-21-22-23-24-25-26-27-28-29-30-31-33-35-37-39-45(49)44(43-54-55(51,52)53-42-41-48(3,4)5)47-46(50)40-38-36-34-32-17-15-13-11-9-7-2/h13,15,37,39,44-45,49H,6-12,14,16-36,38,40-43H2,1-5H3,(H-,47,50,51,52)/b15-13-,39-37+. The van der Waals surface area contributed by atoms with E-state index in [1.165, 1.54) is 135 Å². The van der Waals surface area contributed by atoms with Crippen LogP contribution in [0.1, 0.15) is 213 Å². The fourth-order valence-corrected chi connectivity index (χ4v) is 7.39. The molecule has 0 aliphatic rings. The lowest BCUT2D eigenvalue weighted by Gasteiger charge is -2.29. The monoisotopic (exact) mass is 799 g/mol. The molecule has 0 aliphatic heterocycles. The van der Waals surface area contributed by atoms with Crippen molar-refractivity contribution >= 4 is 13.7 Å². The molecule has 0 aromatic rings. The van der Waals surface area contributed by atoms with Gasteiger partial charge in [0.15, 0.2) is 0 Å². The number of nitrogens with zero attached hydrogens (tertiary/aromatic N) is 1. The molecule has 9 heteroatoms. The summed E-state index contributed by atoms with van der Waals surface area (Å²) in [4.78, 5) is 25.2. The van der Waals surface area contributed by atoms with Crippen LogP contribution in [0.4, 0.5) is 0 Å². The van der Waals surface area contributed by atoms with Crippen molar-refractivity contribution in [1.29, 1.82) is 0 Å². The van der Waals surface area contributed by atoms with Crippen LogP contribution >= 0.6 is 7.82 Å². The molecule has 0 saturated heterocycles. The predicted octanol–water partition coefficient (Wildman–Crippen LogP) is 12.3. The van der Waals surface area contributed by atoms with Crippen LogP contribution in [-0.2, 0) is 18.4 Å². The molecule has 0 aromatic heterocycles. The molecule has 3 atom stereocenters. The number of amides is 1. The maximum atomic E-state index is 12.8. The number of hydrogen-bond donors (Lipinski definition) is 2. The molecule has 55 heavy (non-hydrogen) atoms. The number of nitrogens with one attached hydrogen (secondary N) is 1. The number of carbonyl (C=O) groups excluding carboxylic acids is 1. The average Bonchev–Trinajstić information content (AvgIpc) is 3.13. The van der Waals surface area contributed by atoms with E-state index >= 15 is 0 Å². The topological polar surface area (TPSA) is 108 Å². The zero-order chi connectivity index (χ0) is 40.7. The van der Waals surface area contributed by atoms with E-state index in [4.69, 9.17) is 9.05 Å². The van der Waals surface area contributed by atoms with Gasteiger partial charge in [0.05, 0.1) is 39.9 Å². The van der Waals surface area contributed by atoms with Crippen molar-refractivity contribution < 1.29 is 32.9 Å². The lowest BCUT2D eigenvalue weighted by Crippen LogP contribution is -2.45. The summed E-state index contributed by atoms with van der Waals surface area (Å²) in [5.74, 6) is -0.212. The molecule has 0 bridgehead atoms. The van der Waals surface area contributed by atoms with Crippen molar-refractivity contribution in [3.8, 4) is 0 Å². The zero-order valence-corrected chi connectivity index (χ0v) is 37.8. The molecule has 0 saturated carbocycles. The lowest BCUT2D eigenvalue weighted by atomic mass is 10.0. The molecule has 0 spiro atoms. The Hall–Kier alpha value is -1.02. The Morgan fingerprint density at radius 2 is 1.02 bits per heavy atom. The van der Waals surface area contributed by atoms with Gasteiger partial charge in [-0.1, -0.05) is 192 Å². The van der Waals surface area contributed by atoms with Gasteiger partial charge in [-0.15, -0.1) is 0 Å². The molecule has 0 rings (SSSR count). The Kier molecular flexibility index (Phi) is 37.8. The van der Waals surface area contributed by atoms with Crippen molar-refractivity contribution in [2.75, 3.05) is 40.9 Å². The fourth-order valence-electron chi connectivity index (χ4n) is 6.66. The number of allylic oxidation sites excluding steroid dienone is 3. The van der Waals surface area contributed by atoms with Gasteiger partial charge in [-0.2, -0.15) is 0 Å². The van der Waals surface area contributed by atoms with Gasteiger partial charge < -0.3 is 28.8 Å². The first-order valence-electron chi connectivity index (χ1n) is 23.2. The minimum absolute atomic E-state index is 0.00218. The smallest absolute Gasteiger partial charge is 0.268 e. The first-order valence-corrected chi connectivity index (χ1v) is 24.7. The number of aliphatic hydroxyl groups excluding tert-OH is 1. The highest BCUT2D eigenvalue weighted by molar-refractivity contribution is 7.45. The summed E-state index contributed by atoms with van der Waals surface area (Å²) < 4.78 is 23.2. The average molecular weight is 799 g/mol. The van der Waals surface area contributed by atoms with Crippen molar-refractivity contribution in [1.82, 2.24) is 5.32 Å². The van der Waals surface area contributed by atoms with Crippen LogP contribution in [0.25, 0.3) is 0 Å². The van der Waals surface area contributed by atoms with Crippen molar-refractivity contribution in [3.05, 3.63) is 24.3 Å². The Morgan fingerprint density at radius 3 is 1.47 bits per heavy atom. The molecule has 0 radical (unpaired) electrons. The van der Waals surface area contributed by atoms with Gasteiger partial charge in [0.2, 0.25) is 5.91 Å². The second-order valence-electron chi connectivity index (χ2n) is 17.1. The van der Waals surface area contributed by atoms with E-state index in [-0.39, 0.29) is 19.1 Å². The van der Waals surface area contributed by atoms with Gasteiger partial charge in [0.25, 0.3) is 7.82 Å². The Labute approximate surface area is 341 Å². The summed E-state index contributed by atoms with van der Waals surface area (Å²) in [6, 6.07) is -0.888. The van der Waals surface area contributed by atoms with Crippen molar-refractivity contribution in [3.63, 3.8) is 0 Å². The SMILES string of the molecule is CCCC/C=C\CCCCCCC(=O)NC(COP(=O)([O-])OCC[N+](C)(C)C)C(O)/C=C/CCCCCCCCCCCCCCCCCCCCCCC. The minimum Gasteiger partial charge on any atom is -0.756 e. The van der Waals surface area contributed by atoms with Crippen LogP contribution in [0, 0.1) is 0 Å². The number of hydrogen-bond acceptors (Lipinski definition) is 6. The minimum atomic E-state index is -4.58. The molecule has 326 valence electrons. The summed E-state index contributed by atoms with van der Waals surface area (Å²) in [6.45, 7) is 4.60. The van der Waals surface area contributed by atoms with Crippen LogP contribution in [0.15, 0.2) is 24.3 Å². The van der Waals surface area contributed by atoms with E-state index in [1.807, 2.05) is 27.2 Å². The Balaban J connectivity index is 4.26.